The molecular formula is C38H43ClF2N2O3. The van der Waals surface area contributed by atoms with Gasteiger partial charge < -0.3 is 14.6 Å². The molecule has 2 saturated heterocycles. The van der Waals surface area contributed by atoms with E-state index >= 15 is 0 Å². The molecule has 2 heterocycles. The second kappa shape index (κ2) is 16.4. The Morgan fingerprint density at radius 1 is 0.609 bits per heavy atom. The zero-order chi connectivity index (χ0) is 32.5. The van der Waals surface area contributed by atoms with Gasteiger partial charge in [0.1, 0.15) is 23.1 Å². The molecular weight excluding hydrogens is 606 g/mol. The molecule has 0 amide bonds. The Kier molecular flexibility index (Phi) is 12.0. The molecule has 6 rings (SSSR count). The highest BCUT2D eigenvalue weighted by atomic mass is 35.5. The van der Waals surface area contributed by atoms with Crippen LogP contribution in [-0.2, 0) is 25.6 Å². The smallest absolute Gasteiger partial charge is 0.131 e. The number of hydrogen-bond acceptors (Lipinski definition) is 5. The largest absolute Gasteiger partial charge is 0.497 e. The second-order valence-electron chi connectivity index (χ2n) is 11.9. The summed E-state index contributed by atoms with van der Waals surface area (Å²) < 4.78 is 39.2. The molecule has 0 spiro atoms. The lowest BCUT2D eigenvalue weighted by Gasteiger charge is -2.19. The Morgan fingerprint density at radius 2 is 1.04 bits per heavy atom. The van der Waals surface area contributed by atoms with Crippen LogP contribution in [0.1, 0.15) is 47.9 Å². The van der Waals surface area contributed by atoms with Crippen molar-refractivity contribution in [2.24, 2.45) is 0 Å². The number of methoxy groups -OCH3 is 2. The lowest BCUT2D eigenvalue weighted by molar-refractivity contribution is 0.281. The van der Waals surface area contributed by atoms with E-state index in [1.165, 1.54) is 37.8 Å². The van der Waals surface area contributed by atoms with Crippen molar-refractivity contribution in [3.8, 4) is 33.8 Å². The van der Waals surface area contributed by atoms with Crippen LogP contribution >= 0.6 is 11.6 Å². The predicted molar refractivity (Wildman–Crippen MR) is 181 cm³/mol. The van der Waals surface area contributed by atoms with Crippen molar-refractivity contribution in [1.29, 1.82) is 0 Å². The average Bonchev–Trinajstić information content (AvgIpc) is 3.81. The molecule has 46 heavy (non-hydrogen) atoms. The number of ether oxygens (including phenoxy) is 2. The summed E-state index contributed by atoms with van der Waals surface area (Å²) in [6.45, 7) is 5.95. The molecule has 2 fully saturated rings. The van der Waals surface area contributed by atoms with Crippen molar-refractivity contribution in [2.45, 2.75) is 51.3 Å². The van der Waals surface area contributed by atoms with Crippen LogP contribution in [0.3, 0.4) is 0 Å². The van der Waals surface area contributed by atoms with E-state index in [9.17, 15) is 13.9 Å². The molecule has 8 heteroatoms. The molecule has 0 radical (unpaired) electrons. The summed E-state index contributed by atoms with van der Waals surface area (Å²) >= 11 is 5.99. The number of benzene rings is 4. The van der Waals surface area contributed by atoms with E-state index in [1.54, 1.807) is 38.5 Å². The summed E-state index contributed by atoms with van der Waals surface area (Å²) in [4.78, 5) is 4.78. The van der Waals surface area contributed by atoms with Gasteiger partial charge in [0, 0.05) is 30.1 Å². The Hall–Kier alpha value is -3.49. The summed E-state index contributed by atoms with van der Waals surface area (Å²) in [6.07, 6.45) is 4.89. The van der Waals surface area contributed by atoms with Crippen molar-refractivity contribution >= 4 is 11.6 Å². The van der Waals surface area contributed by atoms with Crippen LogP contribution in [0.15, 0.2) is 72.8 Å². The van der Waals surface area contributed by atoms with E-state index in [4.69, 9.17) is 21.1 Å². The minimum absolute atomic E-state index is 0.00608. The highest BCUT2D eigenvalue weighted by Gasteiger charge is 2.19. The first-order valence-electron chi connectivity index (χ1n) is 15.9. The summed E-state index contributed by atoms with van der Waals surface area (Å²) in [6, 6.07) is 21.4. The van der Waals surface area contributed by atoms with Gasteiger partial charge in [0.2, 0.25) is 0 Å². The molecule has 0 bridgehead atoms. The van der Waals surface area contributed by atoms with Crippen molar-refractivity contribution in [1.82, 2.24) is 9.80 Å². The maximum atomic E-state index is 14.4. The minimum Gasteiger partial charge on any atom is -0.497 e. The number of aliphatic hydroxyl groups is 1. The summed E-state index contributed by atoms with van der Waals surface area (Å²) in [5.41, 5.74) is 7.00. The van der Waals surface area contributed by atoms with Gasteiger partial charge in [0.25, 0.3) is 0 Å². The summed E-state index contributed by atoms with van der Waals surface area (Å²) in [5, 5.41) is 9.41. The van der Waals surface area contributed by atoms with Gasteiger partial charge in [-0.15, -0.1) is 11.6 Å². The van der Waals surface area contributed by atoms with Crippen LogP contribution < -0.4 is 9.47 Å². The number of rotatable bonds is 10. The number of nitrogens with zero attached hydrogens (tertiary/aromatic N) is 2. The Balaban J connectivity index is 0.000000181. The molecule has 0 unspecified atom stereocenters. The van der Waals surface area contributed by atoms with Crippen LogP contribution in [0.2, 0.25) is 0 Å². The van der Waals surface area contributed by atoms with Crippen LogP contribution in [0.25, 0.3) is 22.3 Å². The first-order valence-corrected chi connectivity index (χ1v) is 16.5. The predicted octanol–water partition coefficient (Wildman–Crippen LogP) is 8.43. The number of aliphatic hydroxyl groups excluding tert-OH is 1. The molecule has 1 N–H and O–H groups in total. The SMILES string of the molecule is COc1ccc(F)c(-c2ccc(CCl)cc2CN2CCCC2)c1.COc1ccc(F)c(-c2ccc(CO)cc2CN2CCCC2)c1. The lowest BCUT2D eigenvalue weighted by Crippen LogP contribution is -2.19. The molecule has 4 aromatic rings. The highest BCUT2D eigenvalue weighted by Crippen LogP contribution is 2.33. The Morgan fingerprint density at radius 3 is 1.46 bits per heavy atom. The lowest BCUT2D eigenvalue weighted by atomic mass is 9.96. The van der Waals surface area contributed by atoms with Crippen molar-refractivity contribution in [2.75, 3.05) is 40.4 Å². The second-order valence-corrected chi connectivity index (χ2v) is 12.2. The average molecular weight is 649 g/mol. The minimum atomic E-state index is -0.259. The molecule has 5 nitrogen and oxygen atoms in total. The van der Waals surface area contributed by atoms with E-state index in [0.29, 0.717) is 28.5 Å². The van der Waals surface area contributed by atoms with Gasteiger partial charge in [0.15, 0.2) is 0 Å². The van der Waals surface area contributed by atoms with Crippen LogP contribution in [0.5, 0.6) is 11.5 Å². The third kappa shape index (κ3) is 8.45. The molecule has 244 valence electrons. The van der Waals surface area contributed by atoms with Crippen molar-refractivity contribution < 1.29 is 23.4 Å². The van der Waals surface area contributed by atoms with E-state index in [0.717, 1.165) is 72.6 Å². The van der Waals surface area contributed by atoms with Crippen molar-refractivity contribution in [3.63, 3.8) is 0 Å². The number of hydrogen-bond donors (Lipinski definition) is 1. The Bertz CT molecular complexity index is 1480. The maximum Gasteiger partial charge on any atom is 0.131 e. The third-order valence-corrected chi connectivity index (χ3v) is 9.10. The number of alkyl halides is 1. The monoisotopic (exact) mass is 648 g/mol. The van der Waals surface area contributed by atoms with Gasteiger partial charge >= 0.3 is 0 Å². The van der Waals surface area contributed by atoms with Crippen LogP contribution in [-0.4, -0.2) is 55.3 Å². The van der Waals surface area contributed by atoms with Gasteiger partial charge in [-0.05, 0) is 122 Å². The zero-order valence-electron chi connectivity index (χ0n) is 26.7. The first kappa shape index (κ1) is 33.9. The van der Waals surface area contributed by atoms with E-state index in [1.807, 2.05) is 30.3 Å². The number of likely N-dealkylation sites (tertiary alicyclic amines) is 2. The van der Waals surface area contributed by atoms with Crippen molar-refractivity contribution in [3.05, 3.63) is 107 Å². The fourth-order valence-electron chi connectivity index (χ4n) is 6.30. The number of halogens is 3. The molecule has 0 aromatic heterocycles. The molecule has 4 aromatic carbocycles. The van der Waals surface area contributed by atoms with Gasteiger partial charge in [-0.2, -0.15) is 0 Å². The fraction of sp³-hybridized carbons (Fsp3) is 0.368. The van der Waals surface area contributed by atoms with E-state index in [2.05, 4.69) is 15.9 Å². The maximum absolute atomic E-state index is 14.4. The molecule has 0 atom stereocenters. The topological polar surface area (TPSA) is 45.2 Å². The van der Waals surface area contributed by atoms with Crippen LogP contribution in [0.4, 0.5) is 8.78 Å². The summed E-state index contributed by atoms with van der Waals surface area (Å²) in [7, 11) is 3.18. The normalized spacial score (nSPS) is 15.1. The molecule has 0 saturated carbocycles. The van der Waals surface area contributed by atoms with Gasteiger partial charge in [0.05, 0.1) is 20.8 Å². The zero-order valence-corrected chi connectivity index (χ0v) is 27.5. The Labute approximate surface area is 276 Å². The standard InChI is InChI=1S/C19H21ClFNO.C19H22FNO2/c1-23-16-5-7-19(21)18(11-16)17-6-4-14(12-20)10-15(17)13-22-8-2-3-9-22;1-23-16-5-7-19(20)18(11-16)17-6-4-14(13-22)10-15(17)12-21-8-2-3-9-21/h4-7,10-11H,2-3,8-9,12-13H2,1H3;4-7,10-11,22H,2-3,8-9,12-13H2,1H3. The van der Waals surface area contributed by atoms with E-state index < -0.39 is 0 Å². The highest BCUT2D eigenvalue weighted by molar-refractivity contribution is 6.17. The van der Waals surface area contributed by atoms with Crippen LogP contribution in [0, 0.1) is 11.6 Å². The molecule has 0 aliphatic carbocycles. The fourth-order valence-corrected chi connectivity index (χ4v) is 6.47. The first-order chi connectivity index (χ1) is 22.4. The van der Waals surface area contributed by atoms with Gasteiger partial charge in [-0.25, -0.2) is 8.78 Å². The summed E-state index contributed by atoms with van der Waals surface area (Å²) in [5.74, 6) is 1.28. The van der Waals surface area contributed by atoms with Gasteiger partial charge in [-0.1, -0.05) is 36.4 Å². The molecule has 2 aliphatic heterocycles. The van der Waals surface area contributed by atoms with E-state index in [-0.39, 0.29) is 18.2 Å². The third-order valence-electron chi connectivity index (χ3n) is 8.79. The molecule has 2 aliphatic rings. The quantitative estimate of drug-likeness (QED) is 0.175. The van der Waals surface area contributed by atoms with Gasteiger partial charge in [-0.3, -0.25) is 9.80 Å².